The van der Waals surface area contributed by atoms with Crippen molar-refractivity contribution in [1.29, 1.82) is 0 Å². The van der Waals surface area contributed by atoms with E-state index in [2.05, 4.69) is 18.8 Å². The molecule has 0 saturated heterocycles. The van der Waals surface area contributed by atoms with Crippen LogP contribution in [0.4, 0.5) is 0 Å². The Balaban J connectivity index is 0.00000289. The number of halogens is 1. The highest BCUT2D eigenvalue weighted by atomic mass is 35.5. The number of aryl methyl sites for hydroxylation is 1. The van der Waals surface area contributed by atoms with Crippen LogP contribution in [0.3, 0.4) is 0 Å². The zero-order valence-electron chi connectivity index (χ0n) is 11.2. The van der Waals surface area contributed by atoms with Crippen LogP contribution in [0, 0.1) is 12.8 Å². The van der Waals surface area contributed by atoms with Crippen molar-refractivity contribution in [2.75, 3.05) is 0 Å². The van der Waals surface area contributed by atoms with Gasteiger partial charge in [0.15, 0.2) is 0 Å². The lowest BCUT2D eigenvalue weighted by Crippen LogP contribution is -2.15. The average molecular weight is 275 g/mol. The van der Waals surface area contributed by atoms with E-state index in [-0.39, 0.29) is 30.8 Å². The van der Waals surface area contributed by atoms with Crippen LogP contribution < -0.4 is 5.73 Å². The summed E-state index contributed by atoms with van der Waals surface area (Å²) in [6.07, 6.45) is 3.37. The number of hydrogen-bond acceptors (Lipinski definition) is 4. The van der Waals surface area contributed by atoms with Gasteiger partial charge < -0.3 is 15.9 Å². The minimum absolute atomic E-state index is 0. The van der Waals surface area contributed by atoms with E-state index in [1.54, 1.807) is 13.1 Å². The second-order valence-corrected chi connectivity index (χ2v) is 4.87. The SMILES string of the molecule is Cc1ncc(CO)c([C@@H](N)CCC(C)C)c1O.Cl. The lowest BCUT2D eigenvalue weighted by atomic mass is 9.94. The molecule has 1 aromatic heterocycles. The number of nitrogens with zero attached hydrogens (tertiary/aromatic N) is 1. The van der Waals surface area contributed by atoms with Crippen LogP contribution in [0.5, 0.6) is 5.75 Å². The largest absolute Gasteiger partial charge is 0.506 e. The number of aromatic nitrogens is 1. The Morgan fingerprint density at radius 2 is 1.94 bits per heavy atom. The van der Waals surface area contributed by atoms with Gasteiger partial charge in [-0.05, 0) is 25.7 Å². The maximum atomic E-state index is 9.99. The first-order chi connectivity index (χ1) is 7.97. The molecule has 0 fully saturated rings. The Hall–Kier alpha value is -0.840. The fraction of sp³-hybridized carbons (Fsp3) is 0.615. The number of aliphatic hydroxyl groups excluding tert-OH is 1. The third-order valence-electron chi connectivity index (χ3n) is 2.95. The molecular weight excluding hydrogens is 252 g/mol. The second-order valence-electron chi connectivity index (χ2n) is 4.87. The number of nitrogens with two attached hydrogens (primary N) is 1. The molecule has 4 nitrogen and oxygen atoms in total. The van der Waals surface area contributed by atoms with Crippen LogP contribution in [0.15, 0.2) is 6.20 Å². The van der Waals surface area contributed by atoms with Crippen molar-refractivity contribution in [3.8, 4) is 5.75 Å². The van der Waals surface area contributed by atoms with Crippen molar-refractivity contribution < 1.29 is 10.2 Å². The number of aliphatic hydroxyl groups is 1. The molecular formula is C13H23ClN2O2. The first-order valence-corrected chi connectivity index (χ1v) is 6.01. The standard InChI is InChI=1S/C13H22N2O2.ClH/c1-8(2)4-5-11(14)12-10(7-16)6-15-9(3)13(12)17;/h6,8,11,16-17H,4-5,7,14H2,1-3H3;1H/t11-;/m0./s1. The smallest absolute Gasteiger partial charge is 0.141 e. The molecule has 0 bridgehead atoms. The Morgan fingerprint density at radius 1 is 1.33 bits per heavy atom. The molecule has 0 amide bonds. The maximum Gasteiger partial charge on any atom is 0.141 e. The van der Waals surface area contributed by atoms with Crippen molar-refractivity contribution in [1.82, 2.24) is 4.98 Å². The van der Waals surface area contributed by atoms with Gasteiger partial charge in [-0.3, -0.25) is 4.98 Å². The minimum Gasteiger partial charge on any atom is -0.506 e. The van der Waals surface area contributed by atoms with Crippen LogP contribution in [0.1, 0.15) is 49.6 Å². The van der Waals surface area contributed by atoms with Crippen LogP contribution in [0.2, 0.25) is 0 Å². The third kappa shape index (κ3) is 4.12. The van der Waals surface area contributed by atoms with Gasteiger partial charge in [-0.15, -0.1) is 12.4 Å². The molecule has 1 aromatic rings. The summed E-state index contributed by atoms with van der Waals surface area (Å²) in [4.78, 5) is 4.02. The monoisotopic (exact) mass is 274 g/mol. The normalized spacial score (nSPS) is 12.3. The lowest BCUT2D eigenvalue weighted by molar-refractivity contribution is 0.277. The Morgan fingerprint density at radius 3 is 2.44 bits per heavy atom. The topological polar surface area (TPSA) is 79.4 Å². The lowest BCUT2D eigenvalue weighted by Gasteiger charge is -2.18. The first kappa shape index (κ1) is 17.2. The molecule has 5 heteroatoms. The predicted octanol–water partition coefficient (Wildman–Crippen LogP) is 2.45. The zero-order chi connectivity index (χ0) is 13.0. The molecule has 1 heterocycles. The Labute approximate surface area is 115 Å². The van der Waals surface area contributed by atoms with Crippen molar-refractivity contribution in [3.05, 3.63) is 23.0 Å². The summed E-state index contributed by atoms with van der Waals surface area (Å²) in [5.41, 5.74) is 7.90. The quantitative estimate of drug-likeness (QED) is 0.770. The molecule has 0 spiro atoms. The molecule has 4 N–H and O–H groups in total. The molecule has 0 aromatic carbocycles. The van der Waals surface area contributed by atoms with Crippen LogP contribution in [-0.2, 0) is 6.61 Å². The molecule has 0 aliphatic heterocycles. The second kappa shape index (κ2) is 7.56. The predicted molar refractivity (Wildman–Crippen MR) is 74.8 cm³/mol. The maximum absolute atomic E-state index is 9.99. The number of pyridine rings is 1. The van der Waals surface area contributed by atoms with Gasteiger partial charge in [0.2, 0.25) is 0 Å². The van der Waals surface area contributed by atoms with Gasteiger partial charge in [-0.2, -0.15) is 0 Å². The van der Waals surface area contributed by atoms with E-state index in [4.69, 9.17) is 5.73 Å². The number of rotatable bonds is 5. The Kier molecular flexibility index (Phi) is 7.21. The molecule has 0 aliphatic carbocycles. The fourth-order valence-electron chi connectivity index (χ4n) is 1.85. The molecule has 18 heavy (non-hydrogen) atoms. The zero-order valence-corrected chi connectivity index (χ0v) is 12.0. The highest BCUT2D eigenvalue weighted by Crippen LogP contribution is 2.31. The van der Waals surface area contributed by atoms with Crippen molar-refractivity contribution >= 4 is 12.4 Å². The van der Waals surface area contributed by atoms with E-state index in [1.807, 2.05) is 0 Å². The summed E-state index contributed by atoms with van der Waals surface area (Å²) in [6, 6.07) is -0.249. The third-order valence-corrected chi connectivity index (χ3v) is 2.95. The van der Waals surface area contributed by atoms with Gasteiger partial charge in [0.25, 0.3) is 0 Å². The average Bonchev–Trinajstić information content (AvgIpc) is 2.29. The van der Waals surface area contributed by atoms with E-state index in [0.29, 0.717) is 22.7 Å². The van der Waals surface area contributed by atoms with Crippen LogP contribution >= 0.6 is 12.4 Å². The van der Waals surface area contributed by atoms with Crippen molar-refractivity contribution in [3.63, 3.8) is 0 Å². The highest BCUT2D eigenvalue weighted by Gasteiger charge is 2.18. The number of hydrogen-bond donors (Lipinski definition) is 3. The van der Waals surface area contributed by atoms with Gasteiger partial charge >= 0.3 is 0 Å². The molecule has 0 saturated carbocycles. The van der Waals surface area contributed by atoms with E-state index in [9.17, 15) is 10.2 Å². The summed E-state index contributed by atoms with van der Waals surface area (Å²) < 4.78 is 0. The van der Waals surface area contributed by atoms with Crippen molar-refractivity contribution in [2.45, 2.75) is 46.3 Å². The van der Waals surface area contributed by atoms with E-state index < -0.39 is 0 Å². The summed E-state index contributed by atoms with van der Waals surface area (Å²) >= 11 is 0. The van der Waals surface area contributed by atoms with Gasteiger partial charge in [-0.25, -0.2) is 0 Å². The highest BCUT2D eigenvalue weighted by molar-refractivity contribution is 5.85. The summed E-state index contributed by atoms with van der Waals surface area (Å²) in [6.45, 7) is 5.86. The van der Waals surface area contributed by atoms with Gasteiger partial charge in [0.1, 0.15) is 5.75 Å². The molecule has 1 atom stereocenters. The van der Waals surface area contributed by atoms with Crippen LogP contribution in [-0.4, -0.2) is 15.2 Å². The summed E-state index contributed by atoms with van der Waals surface area (Å²) in [7, 11) is 0. The van der Waals surface area contributed by atoms with Gasteiger partial charge in [0, 0.05) is 23.4 Å². The van der Waals surface area contributed by atoms with E-state index >= 15 is 0 Å². The molecule has 0 aliphatic rings. The van der Waals surface area contributed by atoms with Gasteiger partial charge in [0.05, 0.1) is 12.3 Å². The molecule has 104 valence electrons. The van der Waals surface area contributed by atoms with E-state index in [1.165, 1.54) is 0 Å². The van der Waals surface area contributed by atoms with Gasteiger partial charge in [-0.1, -0.05) is 13.8 Å². The number of aromatic hydroxyl groups is 1. The van der Waals surface area contributed by atoms with Crippen LogP contribution in [0.25, 0.3) is 0 Å². The summed E-state index contributed by atoms with van der Waals surface area (Å²) in [5, 5.41) is 19.2. The first-order valence-electron chi connectivity index (χ1n) is 6.01. The Bertz CT molecular complexity index is 383. The molecule has 1 rings (SSSR count). The molecule has 0 unspecified atom stereocenters. The summed E-state index contributed by atoms with van der Waals surface area (Å²) in [5.74, 6) is 0.691. The fourth-order valence-corrected chi connectivity index (χ4v) is 1.85. The minimum atomic E-state index is -0.249. The van der Waals surface area contributed by atoms with E-state index in [0.717, 1.165) is 12.8 Å². The molecule has 0 radical (unpaired) electrons. The van der Waals surface area contributed by atoms with Crippen molar-refractivity contribution in [2.24, 2.45) is 11.7 Å².